The van der Waals surface area contributed by atoms with Crippen LogP contribution in [0.5, 0.6) is 0 Å². The van der Waals surface area contributed by atoms with Gasteiger partial charge in [-0.2, -0.15) is 0 Å². The minimum Gasteiger partial charge on any atom is -0.467 e. The average molecular weight is 265 g/mol. The van der Waals surface area contributed by atoms with Crippen LogP contribution in [-0.2, 0) is 14.3 Å². The topological polar surface area (TPSA) is 55.4 Å². The predicted octanol–water partition coefficient (Wildman–Crippen LogP) is 1.89. The van der Waals surface area contributed by atoms with E-state index in [9.17, 15) is 9.59 Å². The number of hydrogen-bond donors (Lipinski definition) is 1. The number of methoxy groups -OCH3 is 1. The fraction of sp³-hybridized carbons (Fsp3) is 0.231. The Morgan fingerprint density at radius 1 is 1.33 bits per heavy atom. The Balaban J connectivity index is 2.84. The second kappa shape index (κ2) is 7.55. The summed E-state index contributed by atoms with van der Waals surface area (Å²) >= 11 is 1.41. The molecule has 0 aliphatic carbocycles. The molecule has 0 bridgehead atoms. The van der Waals surface area contributed by atoms with Gasteiger partial charge in [0.05, 0.1) is 7.11 Å². The van der Waals surface area contributed by atoms with Gasteiger partial charge in [-0.25, -0.2) is 4.79 Å². The van der Waals surface area contributed by atoms with Gasteiger partial charge in [-0.05, 0) is 17.2 Å². The van der Waals surface area contributed by atoms with Crippen molar-refractivity contribution in [1.29, 1.82) is 0 Å². The quantitative estimate of drug-likeness (QED) is 0.652. The second-order valence-electron chi connectivity index (χ2n) is 3.41. The van der Waals surface area contributed by atoms with Crippen LogP contribution in [0.25, 0.3) is 0 Å². The maximum absolute atomic E-state index is 11.7. The van der Waals surface area contributed by atoms with Crippen LogP contribution in [-0.4, -0.2) is 25.2 Å². The summed E-state index contributed by atoms with van der Waals surface area (Å²) in [7, 11) is 1.29. The molecule has 1 amide bonds. The summed E-state index contributed by atoms with van der Waals surface area (Å²) in [5.74, 6) is -0.823. The molecule has 0 fully saturated rings. The molecular weight excluding hydrogens is 250 g/mol. The third-order valence-corrected chi connectivity index (χ3v) is 2.62. The molecule has 1 rings (SSSR count). The molecule has 0 aliphatic rings. The Morgan fingerprint density at radius 2 is 2.00 bits per heavy atom. The SMILES string of the molecule is COC(=O)C(NC(=O)C=CSC)c1ccccc1. The number of hydrogen-bond acceptors (Lipinski definition) is 4. The Hall–Kier alpha value is -1.75. The molecular formula is C13H15NO3S. The number of carbonyl (C=O) groups is 2. The Bertz CT molecular complexity index is 431. The monoisotopic (exact) mass is 265 g/mol. The highest BCUT2D eigenvalue weighted by Gasteiger charge is 2.22. The van der Waals surface area contributed by atoms with Crippen molar-refractivity contribution in [3.63, 3.8) is 0 Å². The highest BCUT2D eigenvalue weighted by atomic mass is 32.2. The second-order valence-corrected chi connectivity index (χ2v) is 4.16. The summed E-state index contributed by atoms with van der Waals surface area (Å²) in [4.78, 5) is 23.2. The van der Waals surface area contributed by atoms with Crippen LogP contribution in [0.15, 0.2) is 41.8 Å². The summed E-state index contributed by atoms with van der Waals surface area (Å²) in [5, 5.41) is 4.25. The number of nitrogens with one attached hydrogen (secondary N) is 1. The first-order chi connectivity index (χ1) is 8.69. The minimum absolute atomic E-state index is 0.330. The Kier molecular flexibility index (Phi) is 6.00. The van der Waals surface area contributed by atoms with Crippen molar-refractivity contribution in [3.8, 4) is 0 Å². The molecule has 96 valence electrons. The van der Waals surface area contributed by atoms with Crippen LogP contribution in [0.3, 0.4) is 0 Å². The van der Waals surface area contributed by atoms with Gasteiger partial charge >= 0.3 is 5.97 Å². The molecule has 5 heteroatoms. The molecule has 0 aromatic heterocycles. The highest BCUT2D eigenvalue weighted by Crippen LogP contribution is 2.14. The number of ether oxygens (including phenoxy) is 1. The van der Waals surface area contributed by atoms with Crippen molar-refractivity contribution in [3.05, 3.63) is 47.4 Å². The lowest BCUT2D eigenvalue weighted by Crippen LogP contribution is -2.33. The van der Waals surface area contributed by atoms with Crippen LogP contribution in [0.1, 0.15) is 11.6 Å². The van der Waals surface area contributed by atoms with Crippen LogP contribution < -0.4 is 5.32 Å². The van der Waals surface area contributed by atoms with Crippen molar-refractivity contribution in [2.45, 2.75) is 6.04 Å². The number of esters is 1. The zero-order valence-corrected chi connectivity index (χ0v) is 11.1. The van der Waals surface area contributed by atoms with E-state index in [0.29, 0.717) is 5.56 Å². The summed E-state index contributed by atoms with van der Waals surface area (Å²) in [6.07, 6.45) is 3.22. The van der Waals surface area contributed by atoms with Gasteiger partial charge in [0.2, 0.25) is 5.91 Å². The predicted molar refractivity (Wildman–Crippen MR) is 72.0 cm³/mol. The first-order valence-electron chi connectivity index (χ1n) is 5.31. The van der Waals surface area contributed by atoms with Crippen molar-refractivity contribution in [2.75, 3.05) is 13.4 Å². The number of benzene rings is 1. The largest absolute Gasteiger partial charge is 0.467 e. The number of rotatable bonds is 5. The molecule has 0 heterocycles. The van der Waals surface area contributed by atoms with E-state index >= 15 is 0 Å². The van der Waals surface area contributed by atoms with Crippen LogP contribution >= 0.6 is 11.8 Å². The third-order valence-electron chi connectivity index (χ3n) is 2.21. The van der Waals surface area contributed by atoms with E-state index in [1.54, 1.807) is 29.7 Å². The lowest BCUT2D eigenvalue weighted by Gasteiger charge is -2.15. The molecule has 0 aliphatic heterocycles. The first kappa shape index (κ1) is 14.3. The first-order valence-corrected chi connectivity index (χ1v) is 6.60. The summed E-state index contributed by atoms with van der Waals surface area (Å²) in [6, 6.07) is 8.19. The zero-order valence-electron chi connectivity index (χ0n) is 10.3. The lowest BCUT2D eigenvalue weighted by molar-refractivity contribution is -0.144. The van der Waals surface area contributed by atoms with Gasteiger partial charge < -0.3 is 10.1 Å². The summed E-state index contributed by atoms with van der Waals surface area (Å²) < 4.78 is 4.69. The molecule has 0 spiro atoms. The highest BCUT2D eigenvalue weighted by molar-refractivity contribution is 8.01. The van der Waals surface area contributed by atoms with E-state index in [2.05, 4.69) is 10.1 Å². The standard InChI is InChI=1S/C13H15NO3S/c1-17-13(16)12(10-6-4-3-5-7-10)14-11(15)8-9-18-2/h3-9,12H,1-2H3,(H,14,15). The molecule has 1 aromatic carbocycles. The van der Waals surface area contributed by atoms with Gasteiger partial charge in [-0.3, -0.25) is 4.79 Å². The number of carbonyl (C=O) groups excluding carboxylic acids is 2. The molecule has 0 saturated carbocycles. The molecule has 0 saturated heterocycles. The molecule has 1 atom stereocenters. The Labute approximate surface area is 110 Å². The average Bonchev–Trinajstić information content (AvgIpc) is 2.42. The molecule has 1 aromatic rings. The van der Waals surface area contributed by atoms with E-state index in [-0.39, 0.29) is 5.91 Å². The fourth-order valence-electron chi connectivity index (χ4n) is 1.36. The molecule has 4 nitrogen and oxygen atoms in total. The van der Waals surface area contributed by atoms with Crippen LogP contribution in [0.4, 0.5) is 0 Å². The van der Waals surface area contributed by atoms with Crippen molar-refractivity contribution in [2.24, 2.45) is 0 Å². The van der Waals surface area contributed by atoms with Crippen molar-refractivity contribution in [1.82, 2.24) is 5.32 Å². The van der Waals surface area contributed by atoms with Crippen molar-refractivity contribution >= 4 is 23.6 Å². The normalized spacial score (nSPS) is 12.1. The van der Waals surface area contributed by atoms with E-state index in [1.807, 2.05) is 12.3 Å². The van der Waals surface area contributed by atoms with Gasteiger partial charge in [0.25, 0.3) is 0 Å². The maximum atomic E-state index is 11.7. The Morgan fingerprint density at radius 3 is 2.56 bits per heavy atom. The maximum Gasteiger partial charge on any atom is 0.333 e. The van der Waals surface area contributed by atoms with Gasteiger partial charge in [0.15, 0.2) is 6.04 Å². The minimum atomic E-state index is -0.782. The van der Waals surface area contributed by atoms with Crippen LogP contribution in [0, 0.1) is 0 Å². The smallest absolute Gasteiger partial charge is 0.333 e. The van der Waals surface area contributed by atoms with Gasteiger partial charge in [0.1, 0.15) is 0 Å². The molecule has 0 radical (unpaired) electrons. The fourth-order valence-corrected chi connectivity index (χ4v) is 1.62. The number of thioether (sulfide) groups is 1. The summed E-state index contributed by atoms with van der Waals surface area (Å²) in [6.45, 7) is 0. The van der Waals surface area contributed by atoms with Gasteiger partial charge in [-0.15, -0.1) is 11.8 Å². The van der Waals surface area contributed by atoms with Gasteiger partial charge in [0, 0.05) is 6.08 Å². The van der Waals surface area contributed by atoms with Crippen LogP contribution in [0.2, 0.25) is 0 Å². The van der Waals surface area contributed by atoms with Crippen molar-refractivity contribution < 1.29 is 14.3 Å². The zero-order chi connectivity index (χ0) is 13.4. The molecule has 18 heavy (non-hydrogen) atoms. The van der Waals surface area contributed by atoms with E-state index in [0.717, 1.165) is 0 Å². The van der Waals surface area contributed by atoms with Gasteiger partial charge in [-0.1, -0.05) is 30.3 Å². The lowest BCUT2D eigenvalue weighted by atomic mass is 10.1. The van der Waals surface area contributed by atoms with E-state index in [4.69, 9.17) is 0 Å². The molecule has 1 N–H and O–H groups in total. The molecule has 1 unspecified atom stereocenters. The van der Waals surface area contributed by atoms with E-state index in [1.165, 1.54) is 24.9 Å². The number of amides is 1. The summed E-state index contributed by atoms with van der Waals surface area (Å²) in [5.41, 5.74) is 0.690. The van der Waals surface area contributed by atoms with E-state index < -0.39 is 12.0 Å². The third kappa shape index (κ3) is 4.25.